The molecule has 1 aliphatic heterocycles. The van der Waals surface area contributed by atoms with Crippen molar-refractivity contribution in [1.82, 2.24) is 9.47 Å². The molecule has 138 valence electrons. The molecule has 27 heavy (non-hydrogen) atoms. The molecular weight excluding hydrogens is 338 g/mol. The average Bonchev–Trinajstić information content (AvgIpc) is 3.19. The van der Waals surface area contributed by atoms with Crippen LogP contribution in [0.3, 0.4) is 0 Å². The van der Waals surface area contributed by atoms with Gasteiger partial charge >= 0.3 is 6.03 Å². The Morgan fingerprint density at radius 2 is 1.81 bits per heavy atom. The Bertz CT molecular complexity index is 903. The quantitative estimate of drug-likeness (QED) is 0.752. The number of nitrogens with zero attached hydrogens (tertiary/aromatic N) is 2. The van der Waals surface area contributed by atoms with Crippen molar-refractivity contribution in [1.29, 1.82) is 0 Å². The molecular formula is C22H23N3O2. The van der Waals surface area contributed by atoms with Gasteiger partial charge in [0.05, 0.1) is 13.2 Å². The van der Waals surface area contributed by atoms with Crippen LogP contribution in [0.15, 0.2) is 72.9 Å². The number of hydrogen-bond acceptors (Lipinski definition) is 2. The van der Waals surface area contributed by atoms with Gasteiger partial charge in [0.1, 0.15) is 5.75 Å². The van der Waals surface area contributed by atoms with Crippen LogP contribution in [0, 0.1) is 0 Å². The van der Waals surface area contributed by atoms with E-state index >= 15 is 0 Å². The monoisotopic (exact) mass is 361 g/mol. The van der Waals surface area contributed by atoms with Gasteiger partial charge in [-0.2, -0.15) is 0 Å². The van der Waals surface area contributed by atoms with Crippen LogP contribution < -0.4 is 10.1 Å². The molecule has 1 N–H and O–H groups in total. The molecule has 2 amide bonds. The Morgan fingerprint density at radius 1 is 1.04 bits per heavy atom. The molecule has 0 unspecified atom stereocenters. The number of anilines is 1. The summed E-state index contributed by atoms with van der Waals surface area (Å²) in [4.78, 5) is 15.0. The van der Waals surface area contributed by atoms with Crippen molar-refractivity contribution >= 4 is 11.7 Å². The first-order chi connectivity index (χ1) is 13.2. The number of carbonyl (C=O) groups excluding carboxylic acids is 1. The van der Waals surface area contributed by atoms with Gasteiger partial charge in [-0.25, -0.2) is 4.79 Å². The Kier molecular flexibility index (Phi) is 4.83. The zero-order valence-corrected chi connectivity index (χ0v) is 15.3. The number of hydrogen-bond donors (Lipinski definition) is 1. The molecule has 3 aromatic rings. The zero-order chi connectivity index (χ0) is 18.6. The number of nitrogens with one attached hydrogen (secondary N) is 1. The van der Waals surface area contributed by atoms with Gasteiger partial charge in [-0.3, -0.25) is 0 Å². The van der Waals surface area contributed by atoms with Crippen LogP contribution in [0.2, 0.25) is 0 Å². The topological polar surface area (TPSA) is 46.5 Å². The number of aromatic nitrogens is 1. The number of ether oxygens (including phenoxy) is 1. The molecule has 2 aromatic carbocycles. The van der Waals surface area contributed by atoms with Crippen LogP contribution in [0.5, 0.6) is 5.75 Å². The molecule has 0 fully saturated rings. The summed E-state index contributed by atoms with van der Waals surface area (Å²) in [6.45, 7) is 1.49. The van der Waals surface area contributed by atoms with Crippen molar-refractivity contribution in [2.45, 2.75) is 19.0 Å². The maximum Gasteiger partial charge on any atom is 0.322 e. The molecule has 2 heterocycles. The van der Waals surface area contributed by atoms with Crippen molar-refractivity contribution in [3.05, 3.63) is 84.2 Å². The standard InChI is InChI=1S/C22H23N3O2/c1-27-19-11-9-18(10-12-19)23-22(26)25-15-14-24-13-5-8-20(24)21(25)16-17-6-3-2-4-7-17/h2-13,21H,14-16H2,1H3,(H,23,26)/t21-/m1/s1. The highest BCUT2D eigenvalue weighted by Crippen LogP contribution is 2.30. The summed E-state index contributed by atoms with van der Waals surface area (Å²) in [6.07, 6.45) is 2.88. The third kappa shape index (κ3) is 3.67. The number of fused-ring (bicyclic) bond motifs is 1. The normalized spacial score (nSPS) is 15.9. The van der Waals surface area contributed by atoms with E-state index in [4.69, 9.17) is 4.74 Å². The van der Waals surface area contributed by atoms with Gasteiger partial charge in [0, 0.05) is 30.7 Å². The van der Waals surface area contributed by atoms with Crippen LogP contribution >= 0.6 is 0 Å². The van der Waals surface area contributed by atoms with Crippen molar-refractivity contribution in [2.75, 3.05) is 19.0 Å². The molecule has 1 aromatic heterocycles. The highest BCUT2D eigenvalue weighted by Gasteiger charge is 2.31. The predicted molar refractivity (Wildman–Crippen MR) is 106 cm³/mol. The highest BCUT2D eigenvalue weighted by atomic mass is 16.5. The van der Waals surface area contributed by atoms with Gasteiger partial charge in [0.15, 0.2) is 0 Å². The second kappa shape index (κ2) is 7.58. The lowest BCUT2D eigenvalue weighted by atomic mass is 10.0. The van der Waals surface area contributed by atoms with Crippen LogP contribution in [-0.4, -0.2) is 29.2 Å². The first kappa shape index (κ1) is 17.2. The lowest BCUT2D eigenvalue weighted by molar-refractivity contribution is 0.167. The number of benzene rings is 2. The molecule has 0 radical (unpaired) electrons. The minimum absolute atomic E-state index is 0.00870. The molecule has 4 rings (SSSR count). The van der Waals surface area contributed by atoms with E-state index in [1.54, 1.807) is 7.11 Å². The van der Waals surface area contributed by atoms with Crippen LogP contribution in [0.1, 0.15) is 17.3 Å². The Hall–Kier alpha value is -3.21. The van der Waals surface area contributed by atoms with Crippen molar-refractivity contribution in [3.8, 4) is 5.75 Å². The molecule has 0 saturated carbocycles. The van der Waals surface area contributed by atoms with Gasteiger partial charge in [0.2, 0.25) is 0 Å². The van der Waals surface area contributed by atoms with Gasteiger partial charge in [0.25, 0.3) is 0 Å². The SMILES string of the molecule is COc1ccc(NC(=O)N2CCn3cccc3[C@H]2Cc2ccccc2)cc1. The second-order valence-electron chi connectivity index (χ2n) is 6.68. The Morgan fingerprint density at radius 3 is 2.56 bits per heavy atom. The van der Waals surface area contributed by atoms with Crippen molar-refractivity contribution in [2.24, 2.45) is 0 Å². The van der Waals surface area contributed by atoms with Gasteiger partial charge in [-0.05, 0) is 48.4 Å². The lowest BCUT2D eigenvalue weighted by Crippen LogP contribution is -2.44. The number of methoxy groups -OCH3 is 1. The molecule has 5 nitrogen and oxygen atoms in total. The third-order valence-corrected chi connectivity index (χ3v) is 5.04. The lowest BCUT2D eigenvalue weighted by Gasteiger charge is -2.37. The van der Waals surface area contributed by atoms with Crippen LogP contribution in [-0.2, 0) is 13.0 Å². The van der Waals surface area contributed by atoms with Crippen molar-refractivity contribution < 1.29 is 9.53 Å². The van der Waals surface area contributed by atoms with Crippen LogP contribution in [0.4, 0.5) is 10.5 Å². The summed E-state index contributed by atoms with van der Waals surface area (Å²) in [5.74, 6) is 0.769. The van der Waals surface area contributed by atoms with Crippen LogP contribution in [0.25, 0.3) is 0 Å². The molecule has 0 saturated heterocycles. The molecule has 0 bridgehead atoms. The number of amides is 2. The smallest absolute Gasteiger partial charge is 0.322 e. The van der Waals surface area contributed by atoms with E-state index in [0.717, 1.165) is 24.4 Å². The number of urea groups is 1. The average molecular weight is 361 g/mol. The summed E-state index contributed by atoms with van der Waals surface area (Å²) in [5, 5.41) is 3.02. The molecule has 1 aliphatic rings. The molecule has 5 heteroatoms. The minimum atomic E-state index is -0.0754. The second-order valence-corrected chi connectivity index (χ2v) is 6.68. The summed E-state index contributed by atoms with van der Waals surface area (Å²) in [5.41, 5.74) is 3.16. The summed E-state index contributed by atoms with van der Waals surface area (Å²) in [7, 11) is 1.63. The fourth-order valence-corrected chi connectivity index (χ4v) is 3.63. The van der Waals surface area contributed by atoms with Gasteiger partial charge < -0.3 is 19.5 Å². The van der Waals surface area contributed by atoms with E-state index < -0.39 is 0 Å². The maximum atomic E-state index is 13.0. The first-order valence-electron chi connectivity index (χ1n) is 9.15. The van der Waals surface area contributed by atoms with Gasteiger partial charge in [-0.15, -0.1) is 0 Å². The van der Waals surface area contributed by atoms with Crippen molar-refractivity contribution in [3.63, 3.8) is 0 Å². The van der Waals surface area contributed by atoms with Gasteiger partial charge in [-0.1, -0.05) is 30.3 Å². The first-order valence-corrected chi connectivity index (χ1v) is 9.15. The summed E-state index contributed by atoms with van der Waals surface area (Å²) in [6, 6.07) is 21.8. The van der Waals surface area contributed by atoms with E-state index in [-0.39, 0.29) is 12.1 Å². The van der Waals surface area contributed by atoms with E-state index in [1.165, 1.54) is 11.3 Å². The molecule has 0 spiro atoms. The van der Waals surface area contributed by atoms with E-state index in [0.29, 0.717) is 6.54 Å². The Balaban J connectivity index is 1.56. The third-order valence-electron chi connectivity index (χ3n) is 5.04. The Labute approximate surface area is 159 Å². The maximum absolute atomic E-state index is 13.0. The van der Waals surface area contributed by atoms with E-state index in [2.05, 4.69) is 40.3 Å². The fourth-order valence-electron chi connectivity index (χ4n) is 3.63. The highest BCUT2D eigenvalue weighted by molar-refractivity contribution is 5.89. The number of carbonyl (C=O) groups is 1. The summed E-state index contributed by atoms with van der Waals surface area (Å²) < 4.78 is 7.42. The summed E-state index contributed by atoms with van der Waals surface area (Å²) >= 11 is 0. The van der Waals surface area contributed by atoms with E-state index in [1.807, 2.05) is 47.4 Å². The number of rotatable bonds is 4. The molecule has 0 aliphatic carbocycles. The molecule has 1 atom stereocenters. The minimum Gasteiger partial charge on any atom is -0.497 e. The predicted octanol–water partition coefficient (Wildman–Crippen LogP) is 4.33. The van der Waals surface area contributed by atoms with E-state index in [9.17, 15) is 4.79 Å². The zero-order valence-electron chi connectivity index (χ0n) is 15.3. The fraction of sp³-hybridized carbons (Fsp3) is 0.227. The largest absolute Gasteiger partial charge is 0.497 e.